The van der Waals surface area contributed by atoms with E-state index in [-0.39, 0.29) is 0 Å². The minimum absolute atomic E-state index is 0.594. The van der Waals surface area contributed by atoms with Crippen LogP contribution in [0.25, 0.3) is 0 Å². The van der Waals surface area contributed by atoms with E-state index in [9.17, 15) is 0 Å². The number of rotatable bonds is 3. The number of hydrogen-bond acceptors (Lipinski definition) is 3. The highest BCUT2D eigenvalue weighted by Crippen LogP contribution is 2.26. The Morgan fingerprint density at radius 2 is 2.17 bits per heavy atom. The molecular weight excluding hydrogens is 246 g/mol. The molecule has 1 unspecified atom stereocenters. The van der Waals surface area contributed by atoms with Gasteiger partial charge in [-0.05, 0) is 44.8 Å². The second kappa shape index (κ2) is 5.91. The zero-order valence-electron chi connectivity index (χ0n) is 11.4. The molecule has 0 amide bonds. The number of benzene rings is 1. The summed E-state index contributed by atoms with van der Waals surface area (Å²) in [6.07, 6.45) is 0. The van der Waals surface area contributed by atoms with E-state index in [1.165, 1.54) is 11.3 Å². The second-order valence-corrected chi connectivity index (χ2v) is 5.52. The highest BCUT2D eigenvalue weighted by atomic mass is 35.5. The summed E-state index contributed by atoms with van der Waals surface area (Å²) in [4.78, 5) is 4.87. The van der Waals surface area contributed by atoms with Gasteiger partial charge >= 0.3 is 0 Å². The fourth-order valence-electron chi connectivity index (χ4n) is 2.46. The molecule has 3 nitrogen and oxygen atoms in total. The van der Waals surface area contributed by atoms with Crippen molar-refractivity contribution in [1.82, 2.24) is 10.2 Å². The first kappa shape index (κ1) is 13.7. The van der Waals surface area contributed by atoms with Gasteiger partial charge in [0.2, 0.25) is 0 Å². The molecule has 0 spiro atoms. The first-order chi connectivity index (χ1) is 8.61. The molecule has 0 bridgehead atoms. The summed E-state index contributed by atoms with van der Waals surface area (Å²) in [6, 6.07) is 6.79. The molecule has 0 saturated carbocycles. The first-order valence-corrected chi connectivity index (χ1v) is 6.88. The molecule has 1 aromatic carbocycles. The average molecular weight is 268 g/mol. The maximum Gasteiger partial charge on any atom is 0.0413 e. The summed E-state index contributed by atoms with van der Waals surface area (Å²) in [5.41, 5.74) is 2.59. The first-order valence-electron chi connectivity index (χ1n) is 6.50. The fourth-order valence-corrected chi connectivity index (χ4v) is 2.66. The van der Waals surface area contributed by atoms with Gasteiger partial charge in [-0.1, -0.05) is 11.6 Å². The Bertz CT molecular complexity index is 408. The lowest BCUT2D eigenvalue weighted by Crippen LogP contribution is -2.50. The Labute approximate surface area is 115 Å². The summed E-state index contributed by atoms with van der Waals surface area (Å²) in [7, 11) is 4.16. The molecule has 1 saturated heterocycles. The van der Waals surface area contributed by atoms with Gasteiger partial charge in [-0.2, -0.15) is 0 Å². The molecule has 0 radical (unpaired) electrons. The average Bonchev–Trinajstić information content (AvgIpc) is 2.34. The lowest BCUT2D eigenvalue weighted by atomic mass is 10.1. The molecule has 1 N–H and O–H groups in total. The van der Waals surface area contributed by atoms with E-state index in [4.69, 9.17) is 11.6 Å². The van der Waals surface area contributed by atoms with Crippen LogP contribution in [0, 0.1) is 0 Å². The van der Waals surface area contributed by atoms with Crippen molar-refractivity contribution in [2.75, 3.05) is 38.6 Å². The van der Waals surface area contributed by atoms with E-state index in [0.717, 1.165) is 31.2 Å². The van der Waals surface area contributed by atoms with Crippen molar-refractivity contribution in [3.63, 3.8) is 0 Å². The molecule has 100 valence electrons. The molecule has 0 aliphatic carbocycles. The van der Waals surface area contributed by atoms with Gasteiger partial charge in [0.25, 0.3) is 0 Å². The molecule has 1 aromatic rings. The third-order valence-corrected chi connectivity index (χ3v) is 3.94. The summed E-state index contributed by atoms with van der Waals surface area (Å²) in [5.74, 6) is 0. The molecule has 1 fully saturated rings. The highest BCUT2D eigenvalue weighted by Gasteiger charge is 2.22. The quantitative estimate of drug-likeness (QED) is 0.906. The van der Waals surface area contributed by atoms with E-state index in [1.807, 2.05) is 13.1 Å². The van der Waals surface area contributed by atoms with Gasteiger partial charge in [-0.15, -0.1) is 0 Å². The highest BCUT2D eigenvalue weighted by molar-refractivity contribution is 6.30. The Balaban J connectivity index is 2.22. The Hall–Kier alpha value is -0.770. The van der Waals surface area contributed by atoms with E-state index >= 15 is 0 Å². The molecule has 4 heteroatoms. The lowest BCUT2D eigenvalue weighted by Gasteiger charge is -2.39. The smallest absolute Gasteiger partial charge is 0.0413 e. The normalized spacial score (nSPS) is 21.3. The van der Waals surface area contributed by atoms with Gasteiger partial charge in [-0.25, -0.2) is 0 Å². The van der Waals surface area contributed by atoms with Gasteiger partial charge in [0.05, 0.1) is 0 Å². The molecule has 1 aliphatic rings. The van der Waals surface area contributed by atoms with Crippen molar-refractivity contribution in [2.45, 2.75) is 19.5 Å². The number of anilines is 1. The van der Waals surface area contributed by atoms with Crippen molar-refractivity contribution in [1.29, 1.82) is 0 Å². The molecule has 1 atom stereocenters. The third-order valence-electron chi connectivity index (χ3n) is 3.71. The second-order valence-electron chi connectivity index (χ2n) is 5.08. The Morgan fingerprint density at radius 3 is 2.83 bits per heavy atom. The van der Waals surface area contributed by atoms with Crippen LogP contribution < -0.4 is 10.2 Å². The van der Waals surface area contributed by atoms with Crippen LogP contribution in [0.1, 0.15) is 12.5 Å². The van der Waals surface area contributed by atoms with Crippen LogP contribution in [0.2, 0.25) is 5.02 Å². The number of likely N-dealkylation sites (N-methyl/N-ethyl adjacent to an activating group) is 1. The van der Waals surface area contributed by atoms with Crippen molar-refractivity contribution >= 4 is 17.3 Å². The maximum atomic E-state index is 6.09. The molecule has 0 aromatic heterocycles. The molecule has 1 aliphatic heterocycles. The number of nitrogens with zero attached hydrogens (tertiary/aromatic N) is 2. The summed E-state index contributed by atoms with van der Waals surface area (Å²) >= 11 is 6.09. The minimum Gasteiger partial charge on any atom is -0.368 e. The maximum absolute atomic E-state index is 6.09. The van der Waals surface area contributed by atoms with Crippen LogP contribution in [0.4, 0.5) is 5.69 Å². The van der Waals surface area contributed by atoms with E-state index < -0.39 is 0 Å². The zero-order valence-corrected chi connectivity index (χ0v) is 12.2. The van der Waals surface area contributed by atoms with E-state index in [1.54, 1.807) is 0 Å². The number of nitrogens with one attached hydrogen (secondary N) is 1. The van der Waals surface area contributed by atoms with Gasteiger partial charge in [0, 0.05) is 42.9 Å². The number of hydrogen-bond donors (Lipinski definition) is 1. The largest absolute Gasteiger partial charge is 0.368 e. The standard InChI is InChI=1S/C14H22ClN3/c1-11-10-18(7-6-17(11)3)14-5-4-13(15)8-12(14)9-16-2/h4-5,8,11,16H,6-7,9-10H2,1-3H3. The van der Waals surface area contributed by atoms with Crippen LogP contribution in [0.15, 0.2) is 18.2 Å². The summed E-state index contributed by atoms with van der Waals surface area (Å²) < 4.78 is 0. The van der Waals surface area contributed by atoms with Crippen molar-refractivity contribution < 1.29 is 0 Å². The number of piperazine rings is 1. The fraction of sp³-hybridized carbons (Fsp3) is 0.571. The third kappa shape index (κ3) is 2.97. The van der Waals surface area contributed by atoms with E-state index in [0.29, 0.717) is 6.04 Å². The predicted octanol–water partition coefficient (Wildman–Crippen LogP) is 2.20. The van der Waals surface area contributed by atoms with Crippen molar-refractivity contribution in [2.24, 2.45) is 0 Å². The molecule has 1 heterocycles. The van der Waals surface area contributed by atoms with E-state index in [2.05, 4.69) is 41.2 Å². The summed E-state index contributed by atoms with van der Waals surface area (Å²) in [6.45, 7) is 6.41. The zero-order chi connectivity index (χ0) is 13.1. The topological polar surface area (TPSA) is 18.5 Å². The van der Waals surface area contributed by atoms with Crippen LogP contribution in [-0.4, -0.2) is 44.7 Å². The van der Waals surface area contributed by atoms with Gasteiger partial charge in [0.15, 0.2) is 0 Å². The lowest BCUT2D eigenvalue weighted by molar-refractivity contribution is 0.234. The van der Waals surface area contributed by atoms with Crippen LogP contribution in [0.5, 0.6) is 0 Å². The number of halogens is 1. The monoisotopic (exact) mass is 267 g/mol. The van der Waals surface area contributed by atoms with Gasteiger partial charge in [0.1, 0.15) is 0 Å². The van der Waals surface area contributed by atoms with Crippen molar-refractivity contribution in [3.05, 3.63) is 28.8 Å². The van der Waals surface area contributed by atoms with Gasteiger partial charge < -0.3 is 15.1 Å². The van der Waals surface area contributed by atoms with Crippen LogP contribution in [-0.2, 0) is 6.54 Å². The predicted molar refractivity (Wildman–Crippen MR) is 78.5 cm³/mol. The SMILES string of the molecule is CNCc1cc(Cl)ccc1N1CCN(C)C(C)C1. The Morgan fingerprint density at radius 1 is 1.39 bits per heavy atom. The van der Waals surface area contributed by atoms with Crippen LogP contribution >= 0.6 is 11.6 Å². The Kier molecular flexibility index (Phi) is 4.49. The van der Waals surface area contributed by atoms with Gasteiger partial charge in [-0.3, -0.25) is 0 Å². The van der Waals surface area contributed by atoms with Crippen molar-refractivity contribution in [3.8, 4) is 0 Å². The molecule has 2 rings (SSSR count). The molecular formula is C14H22ClN3. The van der Waals surface area contributed by atoms with Crippen LogP contribution in [0.3, 0.4) is 0 Å². The summed E-state index contributed by atoms with van der Waals surface area (Å²) in [5, 5.41) is 4.03. The molecule has 18 heavy (non-hydrogen) atoms. The minimum atomic E-state index is 0.594.